The topological polar surface area (TPSA) is 49.6 Å². The van der Waals surface area contributed by atoms with Crippen LogP contribution in [0.5, 0.6) is 0 Å². The molecule has 1 rings (SSSR count). The minimum atomic E-state index is 0.564. The molecule has 0 saturated heterocycles. The number of amidine groups is 1. The molecule has 1 N–H and O–H groups in total. The molecule has 1 aromatic heterocycles. The van der Waals surface area contributed by atoms with Crippen molar-refractivity contribution in [2.45, 2.75) is 0 Å². The zero-order valence-corrected chi connectivity index (χ0v) is 9.84. The van der Waals surface area contributed by atoms with Crippen LogP contribution in [0.4, 0.5) is 0 Å². The summed E-state index contributed by atoms with van der Waals surface area (Å²) in [7, 11) is 0. The Morgan fingerprint density at radius 1 is 1.60 bits per heavy atom. The van der Waals surface area contributed by atoms with Crippen LogP contribution in [-0.4, -0.2) is 38.5 Å². The fourth-order valence-electron chi connectivity index (χ4n) is 0.789. The third kappa shape index (κ3) is 5.10. The summed E-state index contributed by atoms with van der Waals surface area (Å²) >= 11 is 2.76. The van der Waals surface area contributed by atoms with Gasteiger partial charge in [0.1, 0.15) is 0 Å². The van der Waals surface area contributed by atoms with E-state index in [0.29, 0.717) is 11.3 Å². The summed E-state index contributed by atoms with van der Waals surface area (Å²) in [5.41, 5.74) is 3.54. The Labute approximate surface area is 97.0 Å². The van der Waals surface area contributed by atoms with Gasteiger partial charge >= 0.3 is 96.8 Å². The van der Waals surface area contributed by atoms with Crippen LogP contribution in [0.1, 0.15) is 5.69 Å². The van der Waals surface area contributed by atoms with Gasteiger partial charge < -0.3 is 0 Å². The first kappa shape index (κ1) is 11.6. The number of aliphatic imine (C=N–C) groups is 1. The summed E-state index contributed by atoms with van der Waals surface area (Å²) in [6.07, 6.45) is 5.05. The fourth-order valence-corrected chi connectivity index (χ4v) is 1.06. The van der Waals surface area contributed by atoms with Gasteiger partial charge in [0.2, 0.25) is 0 Å². The minimum absolute atomic E-state index is 0.564. The molecule has 0 amide bonds. The third-order valence-corrected chi connectivity index (χ3v) is 1.87. The second-order valence-electron chi connectivity index (χ2n) is 2.56. The molecule has 1 radical (unpaired) electrons. The normalized spacial score (nSPS) is 11.6. The summed E-state index contributed by atoms with van der Waals surface area (Å²) in [4.78, 5) is 8.15. The molecular formula is C10H11N4Se. The molecule has 0 saturated carbocycles. The van der Waals surface area contributed by atoms with E-state index >= 15 is 0 Å². The van der Waals surface area contributed by atoms with Gasteiger partial charge in [0, 0.05) is 0 Å². The summed E-state index contributed by atoms with van der Waals surface area (Å²) in [5.74, 6) is 0. The Morgan fingerprint density at radius 2 is 2.47 bits per heavy atom. The maximum absolute atomic E-state index is 4.08. The molecule has 5 heteroatoms. The van der Waals surface area contributed by atoms with Gasteiger partial charge in [-0.25, -0.2) is 0 Å². The molecule has 1 aromatic rings. The van der Waals surface area contributed by atoms with Crippen molar-refractivity contribution in [3.8, 4) is 0 Å². The zero-order valence-electron chi connectivity index (χ0n) is 8.13. The molecular weight excluding hydrogens is 255 g/mol. The summed E-state index contributed by atoms with van der Waals surface area (Å²) in [5, 5.41) is 3.96. The number of rotatable bonds is 4. The standard InChI is InChI=1S/C10H11N4Se/c1-2-6-12-10(15)14-13-8-9-5-3-4-7-11-9/h2-5,7-8H,1,6H2,(H,12,14). The van der Waals surface area contributed by atoms with Crippen molar-refractivity contribution in [2.24, 2.45) is 10.1 Å². The number of hydrazone groups is 1. The van der Waals surface area contributed by atoms with Crippen LogP contribution in [-0.2, 0) is 0 Å². The van der Waals surface area contributed by atoms with E-state index in [4.69, 9.17) is 0 Å². The van der Waals surface area contributed by atoms with E-state index in [-0.39, 0.29) is 0 Å². The molecule has 0 aliphatic rings. The number of hydrogen-bond donors (Lipinski definition) is 1. The quantitative estimate of drug-likeness (QED) is 0.287. The fraction of sp³-hybridized carbons (Fsp3) is 0.100. The van der Waals surface area contributed by atoms with E-state index in [9.17, 15) is 0 Å². The number of aromatic nitrogens is 1. The molecule has 0 spiro atoms. The first-order chi connectivity index (χ1) is 7.33. The number of nitrogens with zero attached hydrogens (tertiary/aromatic N) is 3. The van der Waals surface area contributed by atoms with Crippen LogP contribution in [0.15, 0.2) is 47.1 Å². The Kier molecular flexibility index (Phi) is 5.36. The predicted molar refractivity (Wildman–Crippen MR) is 63.2 cm³/mol. The third-order valence-electron chi connectivity index (χ3n) is 1.41. The average molecular weight is 266 g/mol. The van der Waals surface area contributed by atoms with E-state index in [1.54, 1.807) is 18.5 Å². The van der Waals surface area contributed by atoms with Crippen molar-refractivity contribution in [2.75, 3.05) is 6.54 Å². The molecule has 15 heavy (non-hydrogen) atoms. The van der Waals surface area contributed by atoms with E-state index in [1.165, 1.54) is 0 Å². The van der Waals surface area contributed by atoms with Gasteiger partial charge in [-0.15, -0.1) is 0 Å². The van der Waals surface area contributed by atoms with E-state index in [0.717, 1.165) is 5.69 Å². The van der Waals surface area contributed by atoms with Crippen LogP contribution in [0, 0.1) is 0 Å². The predicted octanol–water partition coefficient (Wildman–Crippen LogP) is 0.716. The molecule has 0 bridgehead atoms. The molecule has 4 nitrogen and oxygen atoms in total. The van der Waals surface area contributed by atoms with Gasteiger partial charge in [0.05, 0.1) is 0 Å². The Morgan fingerprint density at radius 3 is 3.13 bits per heavy atom. The molecule has 77 valence electrons. The first-order valence-electron chi connectivity index (χ1n) is 4.35. The molecule has 0 fully saturated rings. The van der Waals surface area contributed by atoms with Gasteiger partial charge in [-0.1, -0.05) is 0 Å². The molecule has 0 aromatic carbocycles. The molecule has 0 unspecified atom stereocenters. The average Bonchev–Trinajstić information content (AvgIpc) is 2.28. The van der Waals surface area contributed by atoms with Crippen molar-refractivity contribution in [3.63, 3.8) is 0 Å². The number of nitrogens with one attached hydrogen (secondary N) is 1. The van der Waals surface area contributed by atoms with Crippen molar-refractivity contribution in [1.82, 2.24) is 10.4 Å². The number of hydrogen-bond acceptors (Lipinski definition) is 3. The molecule has 0 aliphatic heterocycles. The van der Waals surface area contributed by atoms with Crippen LogP contribution < -0.4 is 5.43 Å². The summed E-state index contributed by atoms with van der Waals surface area (Å²) in [6.45, 7) is 4.13. The van der Waals surface area contributed by atoms with Crippen molar-refractivity contribution in [3.05, 3.63) is 42.7 Å². The van der Waals surface area contributed by atoms with Gasteiger partial charge in [-0.05, 0) is 0 Å². The van der Waals surface area contributed by atoms with Crippen LogP contribution in [0.25, 0.3) is 0 Å². The monoisotopic (exact) mass is 267 g/mol. The van der Waals surface area contributed by atoms with E-state index < -0.39 is 0 Å². The van der Waals surface area contributed by atoms with Gasteiger partial charge in [-0.2, -0.15) is 0 Å². The summed E-state index contributed by atoms with van der Waals surface area (Å²) in [6, 6.07) is 5.62. The Balaban J connectivity index is 2.43. The van der Waals surface area contributed by atoms with Crippen molar-refractivity contribution in [1.29, 1.82) is 0 Å². The second-order valence-corrected chi connectivity index (χ2v) is 3.37. The van der Waals surface area contributed by atoms with Gasteiger partial charge in [0.25, 0.3) is 0 Å². The Hall–Kier alpha value is -1.45. The van der Waals surface area contributed by atoms with E-state index in [2.05, 4.69) is 43.1 Å². The molecule has 0 aliphatic carbocycles. The summed E-state index contributed by atoms with van der Waals surface area (Å²) < 4.78 is 0.627. The maximum atomic E-state index is 4.08. The van der Waals surface area contributed by atoms with E-state index in [1.807, 2.05) is 18.2 Å². The van der Waals surface area contributed by atoms with Gasteiger partial charge in [0.15, 0.2) is 0 Å². The Bertz CT molecular complexity index is 359. The van der Waals surface area contributed by atoms with Crippen LogP contribution in [0.3, 0.4) is 0 Å². The van der Waals surface area contributed by atoms with Gasteiger partial charge in [-0.3, -0.25) is 0 Å². The molecule has 1 heterocycles. The molecule has 0 atom stereocenters. The zero-order chi connectivity index (χ0) is 10.9. The van der Waals surface area contributed by atoms with Crippen molar-refractivity contribution < 1.29 is 0 Å². The van der Waals surface area contributed by atoms with Crippen molar-refractivity contribution >= 4 is 27.0 Å². The SMILES string of the molecule is C=CCN=C([Se])NN=Cc1ccccn1. The second kappa shape index (κ2) is 6.92. The van der Waals surface area contributed by atoms with Crippen LogP contribution >= 0.6 is 0 Å². The first-order valence-corrected chi connectivity index (χ1v) is 5.21. The van der Waals surface area contributed by atoms with Crippen LogP contribution in [0.2, 0.25) is 0 Å². The number of pyridine rings is 1.